The van der Waals surface area contributed by atoms with E-state index in [4.69, 9.17) is 0 Å². The fourth-order valence-electron chi connectivity index (χ4n) is 2.50. The van der Waals surface area contributed by atoms with Crippen molar-refractivity contribution in [3.8, 4) is 0 Å². The molecule has 1 aromatic carbocycles. The molecular formula is C15H19FN2O2. The van der Waals surface area contributed by atoms with E-state index < -0.39 is 5.54 Å². The van der Waals surface area contributed by atoms with Crippen LogP contribution >= 0.6 is 0 Å². The second-order valence-electron chi connectivity index (χ2n) is 5.71. The first-order valence-corrected chi connectivity index (χ1v) is 6.59. The molecule has 0 aliphatic carbocycles. The highest BCUT2D eigenvalue weighted by atomic mass is 19.1. The molecule has 1 aliphatic heterocycles. The van der Waals surface area contributed by atoms with Crippen molar-refractivity contribution in [2.75, 3.05) is 20.1 Å². The van der Waals surface area contributed by atoms with E-state index in [9.17, 15) is 14.0 Å². The Labute approximate surface area is 118 Å². The van der Waals surface area contributed by atoms with Crippen molar-refractivity contribution in [2.24, 2.45) is 0 Å². The molecule has 108 valence electrons. The predicted octanol–water partition coefficient (Wildman–Crippen LogP) is 1.83. The van der Waals surface area contributed by atoms with Crippen LogP contribution in [-0.2, 0) is 4.79 Å². The SMILES string of the molecule is Cc1cc(C(=O)N2CCN(C)C(=O)C2(C)C)ccc1F. The second kappa shape index (κ2) is 4.89. The van der Waals surface area contributed by atoms with Gasteiger partial charge in [0.25, 0.3) is 5.91 Å². The molecule has 2 rings (SSSR count). The van der Waals surface area contributed by atoms with Gasteiger partial charge < -0.3 is 9.80 Å². The summed E-state index contributed by atoms with van der Waals surface area (Å²) in [6.07, 6.45) is 0. The number of hydrogen-bond acceptors (Lipinski definition) is 2. The molecule has 1 saturated heterocycles. The Bertz CT molecular complexity index is 569. The summed E-state index contributed by atoms with van der Waals surface area (Å²) in [6.45, 7) is 6.07. The Kier molecular flexibility index (Phi) is 3.54. The summed E-state index contributed by atoms with van der Waals surface area (Å²) in [7, 11) is 1.73. The van der Waals surface area contributed by atoms with Crippen LogP contribution in [0.15, 0.2) is 18.2 Å². The minimum absolute atomic E-state index is 0.0871. The quantitative estimate of drug-likeness (QED) is 0.786. The number of aryl methyl sites for hydroxylation is 1. The van der Waals surface area contributed by atoms with Crippen molar-refractivity contribution in [1.82, 2.24) is 9.80 Å². The number of halogens is 1. The summed E-state index contributed by atoms with van der Waals surface area (Å²) in [5.41, 5.74) is -0.0460. The molecule has 5 heteroatoms. The molecule has 0 spiro atoms. The number of carbonyl (C=O) groups is 2. The maximum absolute atomic E-state index is 13.3. The van der Waals surface area contributed by atoms with Crippen molar-refractivity contribution >= 4 is 11.8 Å². The molecule has 1 heterocycles. The highest BCUT2D eigenvalue weighted by Crippen LogP contribution is 2.24. The lowest BCUT2D eigenvalue weighted by Gasteiger charge is -2.44. The molecule has 4 nitrogen and oxygen atoms in total. The molecule has 1 aliphatic rings. The van der Waals surface area contributed by atoms with Crippen LogP contribution in [0, 0.1) is 12.7 Å². The van der Waals surface area contributed by atoms with E-state index in [1.54, 1.807) is 37.6 Å². The average Bonchev–Trinajstić information content (AvgIpc) is 2.39. The van der Waals surface area contributed by atoms with Gasteiger partial charge in [-0.2, -0.15) is 0 Å². The van der Waals surface area contributed by atoms with Gasteiger partial charge in [-0.25, -0.2) is 4.39 Å². The number of carbonyl (C=O) groups excluding carboxylic acids is 2. The standard InChI is InChI=1S/C15H19FN2O2/c1-10-9-11(5-6-12(10)16)13(19)18-8-7-17(4)14(20)15(18,2)3/h5-6,9H,7-8H2,1-4H3. The minimum Gasteiger partial charge on any atom is -0.342 e. The van der Waals surface area contributed by atoms with E-state index in [1.165, 1.54) is 18.2 Å². The zero-order valence-corrected chi connectivity index (χ0v) is 12.2. The number of likely N-dealkylation sites (N-methyl/N-ethyl adjacent to an activating group) is 1. The molecule has 0 saturated carbocycles. The highest BCUT2D eigenvalue weighted by Gasteiger charge is 2.43. The normalized spacial score (nSPS) is 18.4. The minimum atomic E-state index is -0.883. The molecule has 1 aromatic rings. The topological polar surface area (TPSA) is 40.6 Å². The third kappa shape index (κ3) is 2.28. The van der Waals surface area contributed by atoms with Gasteiger partial charge in [0.15, 0.2) is 0 Å². The van der Waals surface area contributed by atoms with Gasteiger partial charge in [0.2, 0.25) is 5.91 Å². The van der Waals surface area contributed by atoms with Gasteiger partial charge >= 0.3 is 0 Å². The molecule has 2 amide bonds. The number of rotatable bonds is 1. The first-order chi connectivity index (χ1) is 9.25. The monoisotopic (exact) mass is 278 g/mol. The number of nitrogens with zero attached hydrogens (tertiary/aromatic N) is 2. The molecule has 0 unspecified atom stereocenters. The lowest BCUT2D eigenvalue weighted by atomic mass is 9.96. The maximum atomic E-state index is 13.3. The van der Waals surface area contributed by atoms with Crippen LogP contribution in [0.1, 0.15) is 29.8 Å². The van der Waals surface area contributed by atoms with Crippen molar-refractivity contribution in [3.63, 3.8) is 0 Å². The van der Waals surface area contributed by atoms with Crippen LogP contribution in [0.3, 0.4) is 0 Å². The van der Waals surface area contributed by atoms with Crippen LogP contribution in [0.2, 0.25) is 0 Å². The number of piperazine rings is 1. The highest BCUT2D eigenvalue weighted by molar-refractivity contribution is 5.99. The second-order valence-corrected chi connectivity index (χ2v) is 5.71. The van der Waals surface area contributed by atoms with E-state index >= 15 is 0 Å². The van der Waals surface area contributed by atoms with Gasteiger partial charge in [-0.3, -0.25) is 9.59 Å². The summed E-state index contributed by atoms with van der Waals surface area (Å²) in [5, 5.41) is 0. The van der Waals surface area contributed by atoms with E-state index in [2.05, 4.69) is 0 Å². The van der Waals surface area contributed by atoms with Crippen LogP contribution in [0.4, 0.5) is 4.39 Å². The van der Waals surface area contributed by atoms with Crippen molar-refractivity contribution < 1.29 is 14.0 Å². The van der Waals surface area contributed by atoms with Crippen LogP contribution in [0.5, 0.6) is 0 Å². The van der Waals surface area contributed by atoms with Crippen LogP contribution in [0.25, 0.3) is 0 Å². The lowest BCUT2D eigenvalue weighted by Crippen LogP contribution is -2.63. The largest absolute Gasteiger partial charge is 0.342 e. The van der Waals surface area contributed by atoms with Crippen LogP contribution < -0.4 is 0 Å². The van der Waals surface area contributed by atoms with E-state index in [0.717, 1.165) is 0 Å². The first-order valence-electron chi connectivity index (χ1n) is 6.59. The Morgan fingerprint density at radius 1 is 1.30 bits per heavy atom. The van der Waals surface area contributed by atoms with Gasteiger partial charge in [0.1, 0.15) is 11.4 Å². The van der Waals surface area contributed by atoms with Crippen molar-refractivity contribution in [1.29, 1.82) is 0 Å². The van der Waals surface area contributed by atoms with E-state index in [-0.39, 0.29) is 17.6 Å². The maximum Gasteiger partial charge on any atom is 0.254 e. The van der Waals surface area contributed by atoms with E-state index in [1.807, 2.05) is 0 Å². The average molecular weight is 278 g/mol. The molecular weight excluding hydrogens is 259 g/mol. The van der Waals surface area contributed by atoms with Gasteiger partial charge in [-0.15, -0.1) is 0 Å². The lowest BCUT2D eigenvalue weighted by molar-refractivity contribution is -0.144. The smallest absolute Gasteiger partial charge is 0.254 e. The van der Waals surface area contributed by atoms with Gasteiger partial charge in [0, 0.05) is 25.7 Å². The molecule has 1 fully saturated rings. The number of hydrogen-bond donors (Lipinski definition) is 0. The summed E-state index contributed by atoms with van der Waals surface area (Å²) in [6, 6.07) is 4.27. The van der Waals surface area contributed by atoms with Gasteiger partial charge in [-0.1, -0.05) is 0 Å². The molecule has 0 bridgehead atoms. The summed E-state index contributed by atoms with van der Waals surface area (Å²) in [4.78, 5) is 27.9. The van der Waals surface area contributed by atoms with Gasteiger partial charge in [-0.05, 0) is 44.5 Å². The first kappa shape index (κ1) is 14.5. The predicted molar refractivity (Wildman–Crippen MR) is 73.9 cm³/mol. The Balaban J connectivity index is 2.33. The fraction of sp³-hybridized carbons (Fsp3) is 0.467. The third-order valence-electron chi connectivity index (χ3n) is 3.85. The summed E-state index contributed by atoms with van der Waals surface area (Å²) < 4.78 is 13.3. The molecule has 0 atom stereocenters. The van der Waals surface area contributed by atoms with Crippen molar-refractivity contribution in [2.45, 2.75) is 26.3 Å². The zero-order valence-electron chi connectivity index (χ0n) is 12.2. The van der Waals surface area contributed by atoms with Crippen molar-refractivity contribution in [3.05, 3.63) is 35.1 Å². The third-order valence-corrected chi connectivity index (χ3v) is 3.85. The summed E-state index contributed by atoms with van der Waals surface area (Å²) in [5.74, 6) is -0.661. The fourth-order valence-corrected chi connectivity index (χ4v) is 2.50. The molecule has 0 N–H and O–H groups in total. The summed E-state index contributed by atoms with van der Waals surface area (Å²) >= 11 is 0. The Morgan fingerprint density at radius 2 is 1.95 bits per heavy atom. The van der Waals surface area contributed by atoms with E-state index in [0.29, 0.717) is 24.2 Å². The molecule has 0 aromatic heterocycles. The Morgan fingerprint density at radius 3 is 2.55 bits per heavy atom. The number of benzene rings is 1. The van der Waals surface area contributed by atoms with Crippen LogP contribution in [-0.4, -0.2) is 47.3 Å². The Hall–Kier alpha value is -1.91. The number of amides is 2. The van der Waals surface area contributed by atoms with Gasteiger partial charge in [0.05, 0.1) is 0 Å². The zero-order chi connectivity index (χ0) is 15.1. The molecule has 0 radical (unpaired) electrons. The molecule has 20 heavy (non-hydrogen) atoms.